The molecule has 1 aliphatic rings. The minimum Gasteiger partial charge on any atom is -0.314 e. The third-order valence-electron chi connectivity index (χ3n) is 3.34. The minimum absolute atomic E-state index is 0.0635. The lowest BCUT2D eigenvalue weighted by atomic mass is 10.1. The molecule has 0 spiro atoms. The molecule has 1 saturated carbocycles. The van der Waals surface area contributed by atoms with Gasteiger partial charge in [-0.3, -0.25) is 0 Å². The Hall–Kier alpha value is -0.0900. The summed E-state index contributed by atoms with van der Waals surface area (Å²) in [7, 11) is -2.82. The fourth-order valence-corrected chi connectivity index (χ4v) is 3.61. The van der Waals surface area contributed by atoms with Crippen LogP contribution in [-0.4, -0.2) is 33.0 Å². The van der Waals surface area contributed by atoms with E-state index in [1.54, 1.807) is 0 Å². The van der Waals surface area contributed by atoms with Crippen molar-refractivity contribution in [2.24, 2.45) is 5.41 Å². The van der Waals surface area contributed by atoms with Gasteiger partial charge in [0.2, 0.25) is 0 Å². The first-order valence-corrected chi connectivity index (χ1v) is 8.34. The van der Waals surface area contributed by atoms with Crippen molar-refractivity contribution < 1.29 is 8.42 Å². The van der Waals surface area contributed by atoms with Crippen LogP contribution >= 0.6 is 0 Å². The van der Waals surface area contributed by atoms with Gasteiger partial charge in [-0.2, -0.15) is 0 Å². The van der Waals surface area contributed by atoms with Crippen LogP contribution in [0.5, 0.6) is 0 Å². The second-order valence-electron chi connectivity index (χ2n) is 5.49. The van der Waals surface area contributed by atoms with Crippen molar-refractivity contribution in [3.63, 3.8) is 0 Å². The molecule has 16 heavy (non-hydrogen) atoms. The standard InChI is InChI=1S/C12H25NO2S/c1-4-5-6-11(2)13-9-12(7-8-12)10-16(3,14)15/h11,13H,4-10H2,1-3H3. The summed E-state index contributed by atoms with van der Waals surface area (Å²) >= 11 is 0. The van der Waals surface area contributed by atoms with Crippen LogP contribution in [-0.2, 0) is 9.84 Å². The van der Waals surface area contributed by atoms with Crippen molar-refractivity contribution in [1.29, 1.82) is 0 Å². The van der Waals surface area contributed by atoms with E-state index < -0.39 is 9.84 Å². The molecule has 1 rings (SSSR count). The highest BCUT2D eigenvalue weighted by atomic mass is 32.2. The molecule has 0 heterocycles. The summed E-state index contributed by atoms with van der Waals surface area (Å²) in [5.74, 6) is 0.355. The highest BCUT2D eigenvalue weighted by Gasteiger charge is 2.44. The lowest BCUT2D eigenvalue weighted by Crippen LogP contribution is -2.35. The molecule has 1 atom stereocenters. The molecule has 1 N–H and O–H groups in total. The minimum atomic E-state index is -2.82. The Bertz CT molecular complexity index is 307. The van der Waals surface area contributed by atoms with Gasteiger partial charge in [-0.05, 0) is 31.6 Å². The van der Waals surface area contributed by atoms with Crippen LogP contribution in [0, 0.1) is 5.41 Å². The summed E-state index contributed by atoms with van der Waals surface area (Å²) in [6.07, 6.45) is 7.12. The zero-order valence-corrected chi connectivity index (χ0v) is 11.6. The molecule has 1 fully saturated rings. The lowest BCUT2D eigenvalue weighted by Gasteiger charge is -2.19. The molecule has 3 nitrogen and oxygen atoms in total. The predicted octanol–water partition coefficient (Wildman–Crippen LogP) is 1.98. The smallest absolute Gasteiger partial charge is 0.148 e. The first-order valence-electron chi connectivity index (χ1n) is 6.28. The molecule has 0 saturated heterocycles. The number of unbranched alkanes of at least 4 members (excludes halogenated alkanes) is 1. The van der Waals surface area contributed by atoms with E-state index >= 15 is 0 Å². The lowest BCUT2D eigenvalue weighted by molar-refractivity contribution is 0.425. The second-order valence-corrected chi connectivity index (χ2v) is 7.63. The molecule has 1 aliphatic carbocycles. The molecule has 0 aromatic heterocycles. The first kappa shape index (κ1) is 14.0. The largest absolute Gasteiger partial charge is 0.314 e. The van der Waals surface area contributed by atoms with Crippen LogP contribution in [0.25, 0.3) is 0 Å². The maximum absolute atomic E-state index is 11.3. The van der Waals surface area contributed by atoms with E-state index in [1.807, 2.05) is 0 Å². The average Bonchev–Trinajstić information content (AvgIpc) is 2.89. The van der Waals surface area contributed by atoms with Crippen LogP contribution in [0.1, 0.15) is 46.0 Å². The average molecular weight is 247 g/mol. The van der Waals surface area contributed by atoms with Crippen LogP contribution in [0.4, 0.5) is 0 Å². The van der Waals surface area contributed by atoms with Gasteiger partial charge in [-0.15, -0.1) is 0 Å². The van der Waals surface area contributed by atoms with Gasteiger partial charge in [0, 0.05) is 18.8 Å². The number of hydrogen-bond acceptors (Lipinski definition) is 3. The fourth-order valence-electron chi connectivity index (χ4n) is 2.11. The summed E-state index contributed by atoms with van der Waals surface area (Å²) in [5, 5.41) is 3.48. The second kappa shape index (κ2) is 5.50. The molecule has 0 bridgehead atoms. The molecule has 4 heteroatoms. The van der Waals surface area contributed by atoms with Gasteiger partial charge in [-0.25, -0.2) is 8.42 Å². The highest BCUT2D eigenvalue weighted by Crippen LogP contribution is 2.46. The SMILES string of the molecule is CCCCC(C)NCC1(CS(C)(=O)=O)CC1. The molecule has 96 valence electrons. The molecule has 0 aromatic carbocycles. The third kappa shape index (κ3) is 5.30. The number of nitrogens with one attached hydrogen (secondary N) is 1. The molecule has 1 unspecified atom stereocenters. The third-order valence-corrected chi connectivity index (χ3v) is 4.48. The van der Waals surface area contributed by atoms with E-state index in [0.717, 1.165) is 19.4 Å². The Balaban J connectivity index is 2.27. The van der Waals surface area contributed by atoms with Crippen molar-refractivity contribution in [3.8, 4) is 0 Å². The molecular formula is C12H25NO2S. The maximum Gasteiger partial charge on any atom is 0.148 e. The Kier molecular flexibility index (Phi) is 4.80. The van der Waals surface area contributed by atoms with Gasteiger partial charge in [-0.1, -0.05) is 19.8 Å². The molecule has 0 aromatic rings. The summed E-state index contributed by atoms with van der Waals surface area (Å²) < 4.78 is 22.6. The Morgan fingerprint density at radius 2 is 2.00 bits per heavy atom. The maximum atomic E-state index is 11.3. The van der Waals surface area contributed by atoms with E-state index in [2.05, 4.69) is 19.2 Å². The number of hydrogen-bond donors (Lipinski definition) is 1. The number of sulfone groups is 1. The summed E-state index contributed by atoms with van der Waals surface area (Å²) in [6.45, 7) is 5.25. The molecule has 0 amide bonds. The topological polar surface area (TPSA) is 46.2 Å². The van der Waals surface area contributed by atoms with E-state index in [1.165, 1.54) is 25.5 Å². The monoisotopic (exact) mass is 247 g/mol. The summed E-state index contributed by atoms with van der Waals surface area (Å²) in [4.78, 5) is 0. The highest BCUT2D eigenvalue weighted by molar-refractivity contribution is 7.90. The number of rotatable bonds is 8. The van der Waals surface area contributed by atoms with Gasteiger partial charge in [0.1, 0.15) is 9.84 Å². The van der Waals surface area contributed by atoms with E-state index in [-0.39, 0.29) is 5.41 Å². The fraction of sp³-hybridized carbons (Fsp3) is 1.00. The Morgan fingerprint density at radius 1 is 1.38 bits per heavy atom. The van der Waals surface area contributed by atoms with Crippen LogP contribution in [0.3, 0.4) is 0 Å². The van der Waals surface area contributed by atoms with Gasteiger partial charge in [0.25, 0.3) is 0 Å². The Morgan fingerprint density at radius 3 is 2.44 bits per heavy atom. The first-order chi connectivity index (χ1) is 7.37. The zero-order valence-electron chi connectivity index (χ0n) is 10.8. The predicted molar refractivity (Wildman–Crippen MR) is 68.4 cm³/mol. The van der Waals surface area contributed by atoms with Crippen LogP contribution in [0.2, 0.25) is 0 Å². The van der Waals surface area contributed by atoms with Crippen LogP contribution in [0.15, 0.2) is 0 Å². The summed E-state index contributed by atoms with van der Waals surface area (Å²) in [5.41, 5.74) is 0.0635. The van der Waals surface area contributed by atoms with E-state index in [4.69, 9.17) is 0 Å². The zero-order chi connectivity index (χ0) is 12.2. The molecule has 0 aliphatic heterocycles. The van der Waals surface area contributed by atoms with Gasteiger partial charge in [0.15, 0.2) is 0 Å². The van der Waals surface area contributed by atoms with Crippen molar-refractivity contribution in [2.75, 3.05) is 18.6 Å². The normalized spacial score (nSPS) is 20.7. The van der Waals surface area contributed by atoms with Crippen molar-refractivity contribution in [1.82, 2.24) is 5.32 Å². The summed E-state index contributed by atoms with van der Waals surface area (Å²) in [6, 6.07) is 0.511. The van der Waals surface area contributed by atoms with Crippen molar-refractivity contribution in [3.05, 3.63) is 0 Å². The molecule has 0 radical (unpaired) electrons. The molecular weight excluding hydrogens is 222 g/mol. The van der Waals surface area contributed by atoms with Crippen molar-refractivity contribution >= 4 is 9.84 Å². The van der Waals surface area contributed by atoms with Crippen molar-refractivity contribution in [2.45, 2.75) is 52.0 Å². The Labute approximate surface area is 99.9 Å². The van der Waals surface area contributed by atoms with Gasteiger partial charge < -0.3 is 5.32 Å². The van der Waals surface area contributed by atoms with E-state index in [9.17, 15) is 8.42 Å². The van der Waals surface area contributed by atoms with E-state index in [0.29, 0.717) is 11.8 Å². The van der Waals surface area contributed by atoms with Gasteiger partial charge in [0.05, 0.1) is 5.75 Å². The van der Waals surface area contributed by atoms with Crippen LogP contribution < -0.4 is 5.32 Å². The quantitative estimate of drug-likeness (QED) is 0.713. The van der Waals surface area contributed by atoms with Gasteiger partial charge >= 0.3 is 0 Å².